The molecule has 3 nitrogen and oxygen atoms in total. The molecule has 3 rings (SSSR count). The van der Waals surface area contributed by atoms with Crippen LogP contribution in [0.15, 0.2) is 39.7 Å². The van der Waals surface area contributed by atoms with Crippen LogP contribution in [0.25, 0.3) is 0 Å². The van der Waals surface area contributed by atoms with Gasteiger partial charge in [-0.15, -0.1) is 0 Å². The van der Waals surface area contributed by atoms with E-state index in [9.17, 15) is 4.21 Å². The van der Waals surface area contributed by atoms with E-state index in [1.807, 2.05) is 31.2 Å². The maximum absolute atomic E-state index is 12.7. The fraction of sp³-hybridized carbons (Fsp3) is 0.250. The molecule has 1 heterocycles. The minimum atomic E-state index is -1.14. The third kappa shape index (κ3) is 2.85. The zero-order valence-corrected chi connectivity index (χ0v) is 14.1. The van der Waals surface area contributed by atoms with Gasteiger partial charge in [-0.25, -0.2) is 0 Å². The zero-order chi connectivity index (χ0) is 15.0. The lowest BCUT2D eigenvalue weighted by Gasteiger charge is -2.11. The summed E-state index contributed by atoms with van der Waals surface area (Å²) in [4.78, 5) is 0.793. The smallest absolute Gasteiger partial charge is 0.126 e. The Morgan fingerprint density at radius 1 is 1.38 bits per heavy atom. The maximum atomic E-state index is 12.7. The normalized spacial score (nSPS) is 14.6. The number of fused-ring (bicyclic) bond motifs is 1. The van der Waals surface area contributed by atoms with Crippen LogP contribution in [0.3, 0.4) is 0 Å². The summed E-state index contributed by atoms with van der Waals surface area (Å²) in [5.74, 6) is 1.33. The van der Waals surface area contributed by atoms with Gasteiger partial charge in [0, 0.05) is 27.0 Å². The van der Waals surface area contributed by atoms with Crippen molar-refractivity contribution in [2.75, 3.05) is 12.3 Å². The first-order chi connectivity index (χ1) is 10.1. The summed E-state index contributed by atoms with van der Waals surface area (Å²) >= 11 is 3.51. The van der Waals surface area contributed by atoms with E-state index in [0.29, 0.717) is 18.0 Å². The molecule has 1 aliphatic heterocycles. The number of rotatable bonds is 3. The molecule has 5 heteroatoms. The van der Waals surface area contributed by atoms with Gasteiger partial charge in [-0.05, 0) is 42.3 Å². The predicted octanol–water partition coefficient (Wildman–Crippen LogP) is 3.58. The van der Waals surface area contributed by atoms with Crippen molar-refractivity contribution in [2.24, 2.45) is 0 Å². The molecule has 1 aliphatic rings. The number of halogens is 1. The van der Waals surface area contributed by atoms with Crippen LogP contribution >= 0.6 is 15.9 Å². The van der Waals surface area contributed by atoms with Crippen LogP contribution in [0.4, 0.5) is 5.69 Å². The molecule has 0 saturated heterocycles. The molecular weight excluding hydrogens is 350 g/mol. The minimum absolute atomic E-state index is 0.437. The molecule has 0 saturated carbocycles. The van der Waals surface area contributed by atoms with Gasteiger partial charge in [0.1, 0.15) is 5.75 Å². The molecule has 0 bridgehead atoms. The fourth-order valence-electron chi connectivity index (χ4n) is 2.55. The van der Waals surface area contributed by atoms with Crippen LogP contribution in [0.1, 0.15) is 16.7 Å². The summed E-state index contributed by atoms with van der Waals surface area (Å²) in [5, 5.41) is 0. The van der Waals surface area contributed by atoms with E-state index >= 15 is 0 Å². The van der Waals surface area contributed by atoms with E-state index in [0.717, 1.165) is 32.7 Å². The molecule has 0 amide bonds. The van der Waals surface area contributed by atoms with Gasteiger partial charge >= 0.3 is 0 Å². The molecule has 2 aromatic rings. The van der Waals surface area contributed by atoms with Crippen LogP contribution in [0.5, 0.6) is 5.75 Å². The van der Waals surface area contributed by atoms with E-state index in [2.05, 4.69) is 22.0 Å². The highest BCUT2D eigenvalue weighted by Crippen LogP contribution is 2.34. The first-order valence-electron chi connectivity index (χ1n) is 6.74. The second-order valence-electron chi connectivity index (χ2n) is 5.11. The van der Waals surface area contributed by atoms with Crippen molar-refractivity contribution in [1.82, 2.24) is 0 Å². The van der Waals surface area contributed by atoms with Crippen molar-refractivity contribution in [3.05, 3.63) is 51.5 Å². The van der Waals surface area contributed by atoms with E-state index in [4.69, 9.17) is 10.5 Å². The number of nitrogen functional groups attached to an aromatic ring is 1. The van der Waals surface area contributed by atoms with Crippen molar-refractivity contribution in [3.8, 4) is 5.75 Å². The van der Waals surface area contributed by atoms with E-state index in [1.165, 1.54) is 5.56 Å². The Morgan fingerprint density at radius 3 is 3.00 bits per heavy atom. The van der Waals surface area contributed by atoms with Crippen LogP contribution in [-0.4, -0.2) is 10.8 Å². The second kappa shape index (κ2) is 5.81. The van der Waals surface area contributed by atoms with E-state index in [-0.39, 0.29) is 0 Å². The molecule has 21 heavy (non-hydrogen) atoms. The van der Waals surface area contributed by atoms with Gasteiger partial charge in [0.05, 0.1) is 23.2 Å². The highest BCUT2D eigenvalue weighted by Gasteiger charge is 2.20. The molecule has 2 aromatic carbocycles. The molecular formula is C16H16BrNO2S. The molecule has 1 unspecified atom stereocenters. The topological polar surface area (TPSA) is 52.3 Å². The van der Waals surface area contributed by atoms with Crippen LogP contribution < -0.4 is 10.5 Å². The number of nitrogens with two attached hydrogens (primary N) is 1. The summed E-state index contributed by atoms with van der Waals surface area (Å²) in [5.41, 5.74) is 9.63. The Kier molecular flexibility index (Phi) is 4.04. The van der Waals surface area contributed by atoms with E-state index in [1.54, 1.807) is 0 Å². The second-order valence-corrected chi connectivity index (χ2v) is 7.45. The number of anilines is 1. The van der Waals surface area contributed by atoms with Crippen LogP contribution in [-0.2, 0) is 23.0 Å². The quantitative estimate of drug-likeness (QED) is 0.845. The number of ether oxygens (including phenoxy) is 1. The van der Waals surface area contributed by atoms with Gasteiger partial charge in [-0.3, -0.25) is 4.21 Å². The summed E-state index contributed by atoms with van der Waals surface area (Å²) < 4.78 is 19.4. The molecule has 2 N–H and O–H groups in total. The van der Waals surface area contributed by atoms with Crippen molar-refractivity contribution < 1.29 is 8.95 Å². The Bertz CT molecular complexity index is 730. The summed E-state index contributed by atoms with van der Waals surface area (Å²) in [6, 6.07) is 9.61. The first kappa shape index (κ1) is 14.6. The number of benzene rings is 2. The van der Waals surface area contributed by atoms with E-state index < -0.39 is 10.8 Å². The molecule has 0 fully saturated rings. The van der Waals surface area contributed by atoms with Crippen molar-refractivity contribution in [1.29, 1.82) is 0 Å². The third-order valence-corrected chi connectivity index (χ3v) is 5.65. The van der Waals surface area contributed by atoms with Gasteiger partial charge in [0.25, 0.3) is 0 Å². The Hall–Kier alpha value is -1.33. The Morgan fingerprint density at radius 2 is 2.19 bits per heavy atom. The summed E-state index contributed by atoms with van der Waals surface area (Å²) in [6.45, 7) is 2.60. The van der Waals surface area contributed by atoms with Gasteiger partial charge in [-0.1, -0.05) is 22.0 Å². The van der Waals surface area contributed by atoms with Crippen LogP contribution in [0, 0.1) is 6.92 Å². The lowest BCUT2D eigenvalue weighted by molar-refractivity contribution is 0.354. The van der Waals surface area contributed by atoms with Gasteiger partial charge in [-0.2, -0.15) is 0 Å². The third-order valence-electron chi connectivity index (χ3n) is 3.68. The molecule has 1 atom stereocenters. The molecule has 0 radical (unpaired) electrons. The Labute approximate surface area is 135 Å². The monoisotopic (exact) mass is 365 g/mol. The number of hydrogen-bond donors (Lipinski definition) is 1. The highest BCUT2D eigenvalue weighted by molar-refractivity contribution is 9.10. The largest absolute Gasteiger partial charge is 0.493 e. The molecule has 0 spiro atoms. The summed E-state index contributed by atoms with van der Waals surface area (Å²) in [7, 11) is -1.14. The van der Waals surface area contributed by atoms with Gasteiger partial charge in [0.2, 0.25) is 0 Å². The Balaban J connectivity index is 1.94. The first-order valence-corrected chi connectivity index (χ1v) is 8.85. The summed E-state index contributed by atoms with van der Waals surface area (Å²) in [6.07, 6.45) is 0.908. The minimum Gasteiger partial charge on any atom is -0.493 e. The predicted molar refractivity (Wildman–Crippen MR) is 89.0 cm³/mol. The molecule has 110 valence electrons. The van der Waals surface area contributed by atoms with Crippen molar-refractivity contribution in [2.45, 2.75) is 24.0 Å². The van der Waals surface area contributed by atoms with Crippen molar-refractivity contribution >= 4 is 32.4 Å². The highest BCUT2D eigenvalue weighted by atomic mass is 79.9. The van der Waals surface area contributed by atoms with Crippen LogP contribution in [0.2, 0.25) is 0 Å². The van der Waals surface area contributed by atoms with Crippen molar-refractivity contribution in [3.63, 3.8) is 0 Å². The lowest BCUT2D eigenvalue weighted by Crippen LogP contribution is -2.02. The lowest BCUT2D eigenvalue weighted by atomic mass is 10.1. The zero-order valence-electron chi connectivity index (χ0n) is 11.7. The average Bonchev–Trinajstić information content (AvgIpc) is 2.90. The fourth-order valence-corrected chi connectivity index (χ4v) is 4.45. The standard InChI is InChI=1S/C16H16BrNO2S/c1-10-14(18)3-2-4-15(10)21(19)9-12-8-13(17)7-11-5-6-20-16(11)12/h2-4,7-8H,5-6,9,18H2,1H3. The maximum Gasteiger partial charge on any atom is 0.126 e. The van der Waals surface area contributed by atoms with Gasteiger partial charge in [0.15, 0.2) is 0 Å². The number of hydrogen-bond acceptors (Lipinski definition) is 3. The molecule has 0 aromatic heterocycles. The van der Waals surface area contributed by atoms with Gasteiger partial charge < -0.3 is 10.5 Å². The average molecular weight is 366 g/mol. The SMILES string of the molecule is Cc1c(N)cccc1S(=O)Cc1cc(Br)cc2c1OCC2. The molecule has 0 aliphatic carbocycles.